The molecule has 0 unspecified atom stereocenters. The van der Waals surface area contributed by atoms with E-state index in [-0.39, 0.29) is 5.82 Å². The molecule has 4 N–H and O–H groups in total. The Kier molecular flexibility index (Phi) is 4.77. The molecule has 0 aromatic heterocycles. The first-order valence-electron chi connectivity index (χ1n) is 5.75. The van der Waals surface area contributed by atoms with E-state index in [0.717, 1.165) is 11.8 Å². The third-order valence-corrected chi connectivity index (χ3v) is 4.08. The predicted octanol–water partition coefficient (Wildman–Crippen LogP) is -0.282. The van der Waals surface area contributed by atoms with Gasteiger partial charge in [-0.3, -0.25) is 0 Å². The summed E-state index contributed by atoms with van der Waals surface area (Å²) in [4.78, 5) is 0.644. The van der Waals surface area contributed by atoms with Gasteiger partial charge in [-0.2, -0.15) is 0 Å². The summed E-state index contributed by atoms with van der Waals surface area (Å²) in [5.74, 6) is -0.377. The summed E-state index contributed by atoms with van der Waals surface area (Å²) < 4.78 is 18.1. The topological polar surface area (TPSA) is 90.2 Å². The number of rotatable bonds is 3. The molecule has 0 amide bonds. The van der Waals surface area contributed by atoms with Crippen LogP contribution in [-0.2, 0) is 4.74 Å². The van der Waals surface area contributed by atoms with Gasteiger partial charge < -0.3 is 25.2 Å². The average molecular weight is 290 g/mol. The quantitative estimate of drug-likeness (QED) is 0.612. The molecule has 0 radical (unpaired) electrons. The van der Waals surface area contributed by atoms with Crippen LogP contribution in [0, 0.1) is 5.82 Å². The standard InChI is InChI=1S/C12H15FO5S/c13-6-1-3-7(4-2-6)19-12-11(17)10(16)9(15)8(5-14)18-12/h1-4,8-12,14-17H,5H2/t8-,9+,10+,11-,12+/m1/s1. The average Bonchev–Trinajstić information content (AvgIpc) is 2.42. The van der Waals surface area contributed by atoms with Gasteiger partial charge >= 0.3 is 0 Å². The Balaban J connectivity index is 2.08. The fraction of sp³-hybridized carbons (Fsp3) is 0.500. The molecule has 0 bridgehead atoms. The number of hydrogen-bond acceptors (Lipinski definition) is 6. The summed E-state index contributed by atoms with van der Waals surface area (Å²) in [6.07, 6.45) is -5.00. The van der Waals surface area contributed by atoms with E-state index in [2.05, 4.69) is 0 Å². The molecule has 19 heavy (non-hydrogen) atoms. The zero-order valence-electron chi connectivity index (χ0n) is 9.89. The Morgan fingerprint density at radius 1 is 1.05 bits per heavy atom. The zero-order chi connectivity index (χ0) is 14.0. The van der Waals surface area contributed by atoms with Crippen molar-refractivity contribution in [3.05, 3.63) is 30.1 Å². The molecule has 1 fully saturated rings. The number of aliphatic hydroxyl groups is 4. The van der Waals surface area contributed by atoms with Crippen LogP contribution in [0.5, 0.6) is 0 Å². The molecule has 0 saturated carbocycles. The van der Waals surface area contributed by atoms with E-state index in [9.17, 15) is 19.7 Å². The Morgan fingerprint density at radius 2 is 1.68 bits per heavy atom. The zero-order valence-corrected chi connectivity index (χ0v) is 10.7. The molecule has 1 aliphatic heterocycles. The third-order valence-electron chi connectivity index (χ3n) is 2.91. The minimum atomic E-state index is -1.40. The van der Waals surface area contributed by atoms with E-state index < -0.39 is 36.5 Å². The summed E-state index contributed by atoms with van der Waals surface area (Å²) in [6.45, 7) is -0.467. The van der Waals surface area contributed by atoms with Crippen LogP contribution in [0.4, 0.5) is 4.39 Å². The molecule has 1 aromatic carbocycles. The van der Waals surface area contributed by atoms with Crippen molar-refractivity contribution in [1.29, 1.82) is 0 Å². The van der Waals surface area contributed by atoms with Gasteiger partial charge in [-0.15, -0.1) is 0 Å². The second-order valence-corrected chi connectivity index (χ2v) is 5.44. The summed E-state index contributed by atoms with van der Waals surface area (Å²) in [7, 11) is 0. The Morgan fingerprint density at radius 3 is 2.26 bits per heavy atom. The molecule has 0 spiro atoms. The van der Waals surface area contributed by atoms with Crippen LogP contribution in [0.1, 0.15) is 0 Å². The number of benzene rings is 1. The SMILES string of the molecule is OC[C@H]1O[C@@H](Sc2ccc(F)cc2)[C@H](O)[C@@H](O)[C@H]1O. The van der Waals surface area contributed by atoms with Crippen LogP contribution in [0.3, 0.4) is 0 Å². The maximum absolute atomic E-state index is 12.8. The van der Waals surface area contributed by atoms with Crippen molar-refractivity contribution in [1.82, 2.24) is 0 Å². The van der Waals surface area contributed by atoms with Crippen molar-refractivity contribution in [2.24, 2.45) is 0 Å². The van der Waals surface area contributed by atoms with Crippen LogP contribution in [-0.4, -0.2) is 56.9 Å². The van der Waals surface area contributed by atoms with Crippen molar-refractivity contribution < 1.29 is 29.6 Å². The lowest BCUT2D eigenvalue weighted by Crippen LogP contribution is -2.57. The largest absolute Gasteiger partial charge is 0.394 e. The molecule has 1 aromatic rings. The van der Waals surface area contributed by atoms with Crippen LogP contribution in [0.25, 0.3) is 0 Å². The van der Waals surface area contributed by atoms with Gasteiger partial charge in [-0.1, -0.05) is 11.8 Å². The Hall–Kier alpha value is -0.700. The van der Waals surface area contributed by atoms with Crippen molar-refractivity contribution in [3.8, 4) is 0 Å². The van der Waals surface area contributed by atoms with Gasteiger partial charge in [-0.05, 0) is 24.3 Å². The molecule has 0 aliphatic carbocycles. The fourth-order valence-corrected chi connectivity index (χ4v) is 2.87. The lowest BCUT2D eigenvalue weighted by molar-refractivity contribution is -0.205. The highest BCUT2D eigenvalue weighted by atomic mass is 32.2. The van der Waals surface area contributed by atoms with Gasteiger partial charge in [0.15, 0.2) is 0 Å². The first-order chi connectivity index (χ1) is 9.02. The summed E-state index contributed by atoms with van der Waals surface area (Å²) >= 11 is 1.09. The van der Waals surface area contributed by atoms with E-state index in [1.807, 2.05) is 0 Å². The van der Waals surface area contributed by atoms with Crippen LogP contribution >= 0.6 is 11.8 Å². The maximum Gasteiger partial charge on any atom is 0.136 e. The first kappa shape index (κ1) is 14.7. The third kappa shape index (κ3) is 3.25. The van der Waals surface area contributed by atoms with E-state index in [0.29, 0.717) is 4.90 Å². The second kappa shape index (κ2) is 6.17. The normalized spacial score (nSPS) is 35.3. The van der Waals surface area contributed by atoms with Crippen LogP contribution in [0.2, 0.25) is 0 Å². The van der Waals surface area contributed by atoms with Gasteiger partial charge in [0.25, 0.3) is 0 Å². The molecular weight excluding hydrogens is 275 g/mol. The van der Waals surface area contributed by atoms with Crippen molar-refractivity contribution in [2.45, 2.75) is 34.7 Å². The number of hydrogen-bond donors (Lipinski definition) is 4. The van der Waals surface area contributed by atoms with Gasteiger partial charge in [0.1, 0.15) is 35.7 Å². The Labute approximate surface area is 113 Å². The van der Waals surface area contributed by atoms with E-state index >= 15 is 0 Å². The number of ether oxygens (including phenoxy) is 1. The highest BCUT2D eigenvalue weighted by Gasteiger charge is 2.43. The van der Waals surface area contributed by atoms with Gasteiger partial charge in [0.05, 0.1) is 6.61 Å². The summed E-state index contributed by atoms with van der Waals surface area (Å²) in [5, 5.41) is 38.1. The lowest BCUT2D eigenvalue weighted by Gasteiger charge is -2.39. The van der Waals surface area contributed by atoms with Crippen molar-refractivity contribution in [3.63, 3.8) is 0 Å². The molecule has 2 rings (SSSR count). The minimum absolute atomic E-state index is 0.377. The number of halogens is 1. The van der Waals surface area contributed by atoms with Gasteiger partial charge in [0.2, 0.25) is 0 Å². The molecule has 7 heteroatoms. The van der Waals surface area contributed by atoms with E-state index in [4.69, 9.17) is 9.84 Å². The van der Waals surface area contributed by atoms with E-state index in [1.54, 1.807) is 0 Å². The highest BCUT2D eigenvalue weighted by Crippen LogP contribution is 2.33. The molecule has 1 saturated heterocycles. The monoisotopic (exact) mass is 290 g/mol. The molecule has 5 nitrogen and oxygen atoms in total. The summed E-state index contributed by atoms with van der Waals surface area (Å²) in [5.41, 5.74) is -0.846. The molecule has 106 valence electrons. The maximum atomic E-state index is 12.8. The highest BCUT2D eigenvalue weighted by molar-refractivity contribution is 7.99. The van der Waals surface area contributed by atoms with Crippen molar-refractivity contribution >= 4 is 11.8 Å². The van der Waals surface area contributed by atoms with Gasteiger partial charge in [-0.25, -0.2) is 4.39 Å². The van der Waals surface area contributed by atoms with E-state index in [1.165, 1.54) is 24.3 Å². The molecule has 1 heterocycles. The Bertz CT molecular complexity index is 413. The predicted molar refractivity (Wildman–Crippen MR) is 66.0 cm³/mol. The minimum Gasteiger partial charge on any atom is -0.394 e. The second-order valence-electron chi connectivity index (χ2n) is 4.27. The summed E-state index contributed by atoms with van der Waals surface area (Å²) in [6, 6.07) is 5.57. The van der Waals surface area contributed by atoms with Crippen LogP contribution < -0.4 is 0 Å². The molecule has 5 atom stereocenters. The first-order valence-corrected chi connectivity index (χ1v) is 6.63. The lowest BCUT2D eigenvalue weighted by atomic mass is 10.0. The van der Waals surface area contributed by atoms with Crippen molar-refractivity contribution in [2.75, 3.05) is 6.61 Å². The van der Waals surface area contributed by atoms with Crippen LogP contribution in [0.15, 0.2) is 29.2 Å². The van der Waals surface area contributed by atoms with Gasteiger partial charge in [0, 0.05) is 4.90 Å². The molecule has 1 aliphatic rings. The number of aliphatic hydroxyl groups excluding tert-OH is 4. The number of thioether (sulfide) groups is 1. The smallest absolute Gasteiger partial charge is 0.136 e. The molecular formula is C12H15FO5S. The fourth-order valence-electron chi connectivity index (χ4n) is 1.81.